The predicted molar refractivity (Wildman–Crippen MR) is 109 cm³/mol. The van der Waals surface area contributed by atoms with E-state index in [9.17, 15) is 14.4 Å². The molecule has 2 atom stereocenters. The van der Waals surface area contributed by atoms with E-state index in [-0.39, 0.29) is 18.5 Å². The van der Waals surface area contributed by atoms with Gasteiger partial charge in [0.1, 0.15) is 23.8 Å². The number of rotatable bonds is 4. The van der Waals surface area contributed by atoms with Crippen LogP contribution in [0.4, 0.5) is 4.79 Å². The topological polar surface area (TPSA) is 84.9 Å². The molecule has 2 amide bonds. The normalized spacial score (nSPS) is 19.6. The summed E-state index contributed by atoms with van der Waals surface area (Å²) in [4.78, 5) is 39.3. The highest BCUT2D eigenvalue weighted by Gasteiger charge is 2.43. The first kappa shape index (κ1) is 22.7. The first-order chi connectivity index (χ1) is 13.4. The van der Waals surface area contributed by atoms with Crippen LogP contribution in [0.2, 0.25) is 0 Å². The van der Waals surface area contributed by atoms with Gasteiger partial charge in [-0.25, -0.2) is 9.59 Å². The van der Waals surface area contributed by atoms with Crippen molar-refractivity contribution < 1.29 is 23.9 Å². The molecule has 1 saturated heterocycles. The molecule has 1 fully saturated rings. The number of hydrogen-bond donors (Lipinski definition) is 1. The fourth-order valence-corrected chi connectivity index (χ4v) is 3.32. The molecule has 1 aromatic rings. The Bertz CT molecular complexity index is 734. The average Bonchev–Trinajstić information content (AvgIpc) is 3.03. The third-order valence-electron chi connectivity index (χ3n) is 4.32. The summed E-state index contributed by atoms with van der Waals surface area (Å²) in [6, 6.07) is 8.64. The molecule has 0 radical (unpaired) electrons. The maximum absolute atomic E-state index is 13.0. The summed E-state index contributed by atoms with van der Waals surface area (Å²) in [5.74, 6) is -0.778. The molecule has 1 aliphatic rings. The van der Waals surface area contributed by atoms with E-state index in [1.807, 2.05) is 30.3 Å². The number of esters is 1. The number of amides is 2. The van der Waals surface area contributed by atoms with Crippen LogP contribution in [0.3, 0.4) is 0 Å². The molecule has 0 spiro atoms. The first-order valence-electron chi connectivity index (χ1n) is 9.93. The Morgan fingerprint density at radius 1 is 0.966 bits per heavy atom. The van der Waals surface area contributed by atoms with E-state index < -0.39 is 29.3 Å². The Kier molecular flexibility index (Phi) is 6.93. The lowest BCUT2D eigenvalue weighted by Gasteiger charge is -2.31. The zero-order valence-electron chi connectivity index (χ0n) is 18.2. The fraction of sp³-hybridized carbons (Fsp3) is 0.591. The van der Waals surface area contributed by atoms with E-state index >= 15 is 0 Å². The van der Waals surface area contributed by atoms with Gasteiger partial charge in [0.25, 0.3) is 0 Å². The maximum Gasteiger partial charge on any atom is 0.408 e. The van der Waals surface area contributed by atoms with Crippen LogP contribution < -0.4 is 5.32 Å². The molecule has 0 saturated carbocycles. The van der Waals surface area contributed by atoms with E-state index in [2.05, 4.69) is 5.32 Å². The van der Waals surface area contributed by atoms with Gasteiger partial charge in [0.15, 0.2) is 0 Å². The summed E-state index contributed by atoms with van der Waals surface area (Å²) in [6.07, 6.45) is 0.480. The molecule has 1 unspecified atom stereocenters. The second kappa shape index (κ2) is 8.84. The van der Waals surface area contributed by atoms with Crippen molar-refractivity contribution in [2.24, 2.45) is 0 Å². The smallest absolute Gasteiger partial charge is 0.408 e. The van der Waals surface area contributed by atoms with E-state index in [1.165, 1.54) is 0 Å². The Morgan fingerprint density at radius 3 is 2.10 bits per heavy atom. The van der Waals surface area contributed by atoms with Gasteiger partial charge in [-0.1, -0.05) is 30.3 Å². The standard InChI is InChI=1S/C22H32N2O5/c1-21(2,3)28-19(26)17-13-12-16(15-10-8-7-9-11-15)24(17)18(25)14-23-20(27)29-22(4,5)6/h7-11,16-17H,12-14H2,1-6H3,(H,23,27)/t16-,17?/m1/s1. The fourth-order valence-electron chi connectivity index (χ4n) is 3.32. The molecule has 7 heteroatoms. The lowest BCUT2D eigenvalue weighted by Crippen LogP contribution is -2.48. The second-order valence-electron chi connectivity index (χ2n) is 9.21. The summed E-state index contributed by atoms with van der Waals surface area (Å²) in [5, 5.41) is 2.49. The van der Waals surface area contributed by atoms with Crippen LogP contribution in [0.15, 0.2) is 30.3 Å². The van der Waals surface area contributed by atoms with Crippen LogP contribution in [0.25, 0.3) is 0 Å². The second-order valence-corrected chi connectivity index (χ2v) is 9.21. The molecule has 1 aliphatic heterocycles. The van der Waals surface area contributed by atoms with Crippen LogP contribution in [0, 0.1) is 0 Å². The molecule has 1 aromatic carbocycles. The van der Waals surface area contributed by atoms with E-state index in [1.54, 1.807) is 46.4 Å². The molecule has 0 aromatic heterocycles. The number of nitrogens with zero attached hydrogens (tertiary/aromatic N) is 1. The van der Waals surface area contributed by atoms with Crippen molar-refractivity contribution in [3.63, 3.8) is 0 Å². The largest absolute Gasteiger partial charge is 0.458 e. The molecule has 2 rings (SSSR count). The SMILES string of the molecule is CC(C)(C)OC(=O)NCC(=O)N1C(C(=O)OC(C)(C)C)CC[C@@H]1c1ccccc1. The summed E-state index contributed by atoms with van der Waals surface area (Å²) in [5.41, 5.74) is -0.359. The van der Waals surface area contributed by atoms with Gasteiger partial charge in [0.2, 0.25) is 5.91 Å². The third kappa shape index (κ3) is 6.76. The maximum atomic E-state index is 13.0. The highest BCUT2D eigenvalue weighted by molar-refractivity contribution is 5.88. The van der Waals surface area contributed by atoms with Gasteiger partial charge in [-0.15, -0.1) is 0 Å². The zero-order chi connectivity index (χ0) is 21.8. The molecule has 29 heavy (non-hydrogen) atoms. The lowest BCUT2D eigenvalue weighted by molar-refractivity contribution is -0.164. The number of alkyl carbamates (subject to hydrolysis) is 1. The van der Waals surface area contributed by atoms with E-state index in [0.717, 1.165) is 5.56 Å². The Balaban J connectivity index is 2.17. The van der Waals surface area contributed by atoms with Gasteiger partial charge in [-0.05, 0) is 59.9 Å². The lowest BCUT2D eigenvalue weighted by atomic mass is 10.0. The molecular weight excluding hydrogens is 372 g/mol. The van der Waals surface area contributed by atoms with Crippen molar-refractivity contribution in [3.8, 4) is 0 Å². The molecule has 0 aliphatic carbocycles. The molecule has 1 N–H and O–H groups in total. The molecule has 160 valence electrons. The number of benzene rings is 1. The molecule has 1 heterocycles. The number of carbonyl (C=O) groups excluding carboxylic acids is 3. The average molecular weight is 405 g/mol. The van der Waals surface area contributed by atoms with Crippen molar-refractivity contribution in [2.75, 3.05) is 6.54 Å². The molecular formula is C22H32N2O5. The van der Waals surface area contributed by atoms with Crippen LogP contribution in [0.5, 0.6) is 0 Å². The van der Waals surface area contributed by atoms with Gasteiger partial charge < -0.3 is 19.7 Å². The first-order valence-corrected chi connectivity index (χ1v) is 9.93. The van der Waals surface area contributed by atoms with E-state index in [0.29, 0.717) is 12.8 Å². The third-order valence-corrected chi connectivity index (χ3v) is 4.32. The van der Waals surface area contributed by atoms with Gasteiger partial charge in [0, 0.05) is 0 Å². The number of ether oxygens (including phenoxy) is 2. The van der Waals surface area contributed by atoms with Crippen LogP contribution in [-0.2, 0) is 19.1 Å². The van der Waals surface area contributed by atoms with Gasteiger partial charge in [-0.2, -0.15) is 0 Å². The Morgan fingerprint density at radius 2 is 1.55 bits per heavy atom. The monoisotopic (exact) mass is 404 g/mol. The minimum Gasteiger partial charge on any atom is -0.458 e. The number of carbonyl (C=O) groups is 3. The van der Waals surface area contributed by atoms with E-state index in [4.69, 9.17) is 9.47 Å². The Hall–Kier alpha value is -2.57. The van der Waals surface area contributed by atoms with Crippen molar-refractivity contribution in [1.29, 1.82) is 0 Å². The number of likely N-dealkylation sites (tertiary alicyclic amines) is 1. The molecule has 0 bridgehead atoms. The van der Waals surface area contributed by atoms with Crippen LogP contribution >= 0.6 is 0 Å². The Labute approximate surface area is 172 Å². The minimum absolute atomic E-state index is 0.248. The highest BCUT2D eigenvalue weighted by atomic mass is 16.6. The van der Waals surface area contributed by atoms with Crippen molar-refractivity contribution in [2.45, 2.75) is 77.7 Å². The summed E-state index contributed by atoms with van der Waals surface area (Å²) in [6.45, 7) is 10.4. The summed E-state index contributed by atoms with van der Waals surface area (Å²) in [7, 11) is 0. The van der Waals surface area contributed by atoms with Gasteiger partial charge in [-0.3, -0.25) is 4.79 Å². The number of nitrogens with one attached hydrogen (secondary N) is 1. The predicted octanol–water partition coefficient (Wildman–Crippen LogP) is 3.59. The summed E-state index contributed by atoms with van der Waals surface area (Å²) >= 11 is 0. The van der Waals surface area contributed by atoms with Gasteiger partial charge >= 0.3 is 12.1 Å². The number of hydrogen-bond acceptors (Lipinski definition) is 5. The van der Waals surface area contributed by atoms with Crippen molar-refractivity contribution in [3.05, 3.63) is 35.9 Å². The molecule has 7 nitrogen and oxygen atoms in total. The zero-order valence-corrected chi connectivity index (χ0v) is 18.2. The van der Waals surface area contributed by atoms with Crippen molar-refractivity contribution in [1.82, 2.24) is 10.2 Å². The van der Waals surface area contributed by atoms with Crippen LogP contribution in [0.1, 0.15) is 66.0 Å². The van der Waals surface area contributed by atoms with Crippen molar-refractivity contribution >= 4 is 18.0 Å². The van der Waals surface area contributed by atoms with Crippen LogP contribution in [-0.4, -0.2) is 46.7 Å². The van der Waals surface area contributed by atoms with Gasteiger partial charge in [0.05, 0.1) is 6.04 Å². The highest BCUT2D eigenvalue weighted by Crippen LogP contribution is 2.37. The quantitative estimate of drug-likeness (QED) is 0.775. The minimum atomic E-state index is -0.688. The summed E-state index contributed by atoms with van der Waals surface area (Å²) < 4.78 is 10.7.